The molecule has 2 unspecified atom stereocenters. The van der Waals surface area contributed by atoms with Crippen molar-refractivity contribution in [2.24, 2.45) is 0 Å². The number of carboxylic acids is 1. The third-order valence-electron chi connectivity index (χ3n) is 3.97. The highest BCUT2D eigenvalue weighted by Gasteiger charge is 2.30. The Kier molecular flexibility index (Phi) is 4.83. The van der Waals surface area contributed by atoms with Crippen LogP contribution >= 0.6 is 0 Å². The fraction of sp³-hybridized carbons (Fsp3) is 0.500. The molecule has 0 spiro atoms. The number of nitrogens with zero attached hydrogens (tertiary/aromatic N) is 1. The maximum atomic E-state index is 12.3. The molecule has 1 aromatic carbocycles. The summed E-state index contributed by atoms with van der Waals surface area (Å²) in [4.78, 5) is 24.8. The maximum absolute atomic E-state index is 12.3. The highest BCUT2D eigenvalue weighted by atomic mass is 16.4. The third-order valence-corrected chi connectivity index (χ3v) is 3.97. The summed E-state index contributed by atoms with van der Waals surface area (Å²) in [6.07, 6.45) is 1.65. The summed E-state index contributed by atoms with van der Waals surface area (Å²) in [5.74, 6) is -0.855. The predicted molar refractivity (Wildman–Crippen MR) is 80.1 cm³/mol. The van der Waals surface area contributed by atoms with Crippen LogP contribution in [-0.2, 0) is 4.79 Å². The van der Waals surface area contributed by atoms with Gasteiger partial charge < -0.3 is 15.3 Å². The van der Waals surface area contributed by atoms with Gasteiger partial charge in [-0.25, -0.2) is 4.79 Å². The van der Waals surface area contributed by atoms with Crippen LogP contribution in [0.2, 0.25) is 0 Å². The first-order chi connectivity index (χ1) is 9.97. The van der Waals surface area contributed by atoms with E-state index in [0.717, 1.165) is 18.4 Å². The summed E-state index contributed by atoms with van der Waals surface area (Å²) in [5.41, 5.74) is 2.22. The van der Waals surface area contributed by atoms with E-state index in [1.54, 1.807) is 4.90 Å². The molecule has 5 heteroatoms. The minimum atomic E-state index is -0.855. The Hall–Kier alpha value is -2.04. The van der Waals surface area contributed by atoms with Gasteiger partial charge in [-0.15, -0.1) is 0 Å². The van der Waals surface area contributed by atoms with Crippen LogP contribution in [0.5, 0.6) is 0 Å². The molecule has 114 valence electrons. The molecule has 1 aliphatic rings. The van der Waals surface area contributed by atoms with E-state index in [4.69, 9.17) is 5.11 Å². The normalized spacial score (nSPS) is 19.3. The van der Waals surface area contributed by atoms with Crippen molar-refractivity contribution in [3.05, 3.63) is 35.4 Å². The van der Waals surface area contributed by atoms with Gasteiger partial charge in [0.1, 0.15) is 0 Å². The van der Waals surface area contributed by atoms with Crippen molar-refractivity contribution in [1.82, 2.24) is 10.2 Å². The zero-order valence-corrected chi connectivity index (χ0v) is 12.5. The molecular formula is C16H22N2O3. The first-order valence-electron chi connectivity index (χ1n) is 7.33. The van der Waals surface area contributed by atoms with Gasteiger partial charge >= 0.3 is 12.0 Å². The lowest BCUT2D eigenvalue weighted by atomic mass is 10.1. The average molecular weight is 290 g/mol. The van der Waals surface area contributed by atoms with Crippen LogP contribution in [0, 0.1) is 6.92 Å². The molecule has 2 atom stereocenters. The summed E-state index contributed by atoms with van der Waals surface area (Å²) < 4.78 is 0. The van der Waals surface area contributed by atoms with Crippen molar-refractivity contribution in [1.29, 1.82) is 0 Å². The second kappa shape index (κ2) is 6.61. The smallest absolute Gasteiger partial charge is 0.318 e. The number of benzene rings is 1. The number of hydrogen-bond donors (Lipinski definition) is 2. The lowest BCUT2D eigenvalue weighted by Crippen LogP contribution is -2.44. The summed E-state index contributed by atoms with van der Waals surface area (Å²) in [6.45, 7) is 4.59. The van der Waals surface area contributed by atoms with Crippen LogP contribution in [0.1, 0.15) is 43.4 Å². The molecule has 5 nitrogen and oxygen atoms in total. The number of urea groups is 1. The molecule has 1 aromatic rings. The first kappa shape index (κ1) is 15.4. The fourth-order valence-corrected chi connectivity index (χ4v) is 2.72. The SMILES string of the molecule is Cc1ccc(C(C)NC(=O)N2CCCC2CC(=O)O)cc1. The molecule has 0 radical (unpaired) electrons. The van der Waals surface area contributed by atoms with E-state index < -0.39 is 5.97 Å². The molecule has 1 fully saturated rings. The second-order valence-electron chi connectivity index (χ2n) is 5.67. The number of nitrogens with one attached hydrogen (secondary N) is 1. The van der Waals surface area contributed by atoms with Gasteiger partial charge in [-0.05, 0) is 32.3 Å². The van der Waals surface area contributed by atoms with Crippen LogP contribution in [0.25, 0.3) is 0 Å². The highest BCUT2D eigenvalue weighted by Crippen LogP contribution is 2.21. The molecule has 2 N–H and O–H groups in total. The minimum Gasteiger partial charge on any atom is -0.481 e. The summed E-state index contributed by atoms with van der Waals surface area (Å²) in [7, 11) is 0. The van der Waals surface area contributed by atoms with Crippen LogP contribution in [0.15, 0.2) is 24.3 Å². The van der Waals surface area contributed by atoms with Crippen molar-refractivity contribution in [2.45, 2.75) is 45.2 Å². The lowest BCUT2D eigenvalue weighted by molar-refractivity contribution is -0.137. The number of carboxylic acid groups (broad SMARTS) is 1. The standard InChI is InChI=1S/C16H22N2O3/c1-11-5-7-13(8-6-11)12(2)17-16(21)18-9-3-4-14(18)10-15(19)20/h5-8,12,14H,3-4,9-10H2,1-2H3,(H,17,21)(H,19,20). The van der Waals surface area contributed by atoms with Gasteiger partial charge in [-0.1, -0.05) is 29.8 Å². The molecule has 2 amide bonds. The number of aliphatic carboxylic acids is 1. The topological polar surface area (TPSA) is 69.6 Å². The van der Waals surface area contributed by atoms with Gasteiger partial charge in [0.2, 0.25) is 0 Å². The number of rotatable bonds is 4. The van der Waals surface area contributed by atoms with Gasteiger partial charge in [0.05, 0.1) is 12.5 Å². The number of carbonyl (C=O) groups excluding carboxylic acids is 1. The van der Waals surface area contributed by atoms with E-state index in [-0.39, 0.29) is 24.5 Å². The van der Waals surface area contributed by atoms with Crippen LogP contribution in [0.4, 0.5) is 4.79 Å². The highest BCUT2D eigenvalue weighted by molar-refractivity contribution is 5.76. The Morgan fingerprint density at radius 3 is 2.67 bits per heavy atom. The van der Waals surface area contributed by atoms with Gasteiger partial charge in [0.25, 0.3) is 0 Å². The predicted octanol–water partition coefficient (Wildman–Crippen LogP) is 2.70. The quantitative estimate of drug-likeness (QED) is 0.895. The molecule has 1 heterocycles. The molecule has 0 saturated carbocycles. The zero-order valence-electron chi connectivity index (χ0n) is 12.5. The van der Waals surface area contributed by atoms with E-state index in [1.807, 2.05) is 38.1 Å². The number of hydrogen-bond acceptors (Lipinski definition) is 2. The fourth-order valence-electron chi connectivity index (χ4n) is 2.72. The number of carbonyl (C=O) groups is 2. The third kappa shape index (κ3) is 3.97. The van der Waals surface area contributed by atoms with Crippen LogP contribution in [-0.4, -0.2) is 34.6 Å². The van der Waals surface area contributed by atoms with Crippen molar-refractivity contribution in [2.75, 3.05) is 6.54 Å². The minimum absolute atomic E-state index is 0.0202. The number of aryl methyl sites for hydroxylation is 1. The monoisotopic (exact) mass is 290 g/mol. The molecule has 2 rings (SSSR count). The van der Waals surface area contributed by atoms with E-state index >= 15 is 0 Å². The van der Waals surface area contributed by atoms with E-state index in [1.165, 1.54) is 5.56 Å². The molecular weight excluding hydrogens is 268 g/mol. The maximum Gasteiger partial charge on any atom is 0.318 e. The molecule has 0 bridgehead atoms. The Bertz CT molecular complexity index is 513. The largest absolute Gasteiger partial charge is 0.481 e. The zero-order chi connectivity index (χ0) is 15.4. The molecule has 0 aliphatic carbocycles. The summed E-state index contributed by atoms with van der Waals surface area (Å²) >= 11 is 0. The number of amides is 2. The Labute approximate surface area is 125 Å². The molecule has 1 saturated heterocycles. The van der Waals surface area contributed by atoms with E-state index in [9.17, 15) is 9.59 Å². The van der Waals surface area contributed by atoms with Gasteiger partial charge in [0, 0.05) is 12.6 Å². The first-order valence-corrected chi connectivity index (χ1v) is 7.33. The Balaban J connectivity index is 1.96. The molecule has 21 heavy (non-hydrogen) atoms. The van der Waals surface area contributed by atoms with Crippen molar-refractivity contribution in [3.8, 4) is 0 Å². The summed E-state index contributed by atoms with van der Waals surface area (Å²) in [5, 5.41) is 11.9. The van der Waals surface area contributed by atoms with Crippen LogP contribution in [0.3, 0.4) is 0 Å². The summed E-state index contributed by atoms with van der Waals surface area (Å²) in [6, 6.07) is 7.57. The van der Waals surface area contributed by atoms with Crippen molar-refractivity contribution in [3.63, 3.8) is 0 Å². The van der Waals surface area contributed by atoms with Gasteiger partial charge in [-0.3, -0.25) is 4.79 Å². The lowest BCUT2D eigenvalue weighted by Gasteiger charge is -2.26. The number of likely N-dealkylation sites (tertiary alicyclic amines) is 1. The van der Waals surface area contributed by atoms with Gasteiger partial charge in [-0.2, -0.15) is 0 Å². The van der Waals surface area contributed by atoms with Gasteiger partial charge in [0.15, 0.2) is 0 Å². The molecule has 0 aromatic heterocycles. The van der Waals surface area contributed by atoms with Crippen molar-refractivity contribution < 1.29 is 14.7 Å². The van der Waals surface area contributed by atoms with E-state index in [0.29, 0.717) is 6.54 Å². The Morgan fingerprint density at radius 1 is 1.38 bits per heavy atom. The van der Waals surface area contributed by atoms with Crippen molar-refractivity contribution >= 4 is 12.0 Å². The van der Waals surface area contributed by atoms with Crippen LogP contribution < -0.4 is 5.32 Å². The average Bonchev–Trinajstić information content (AvgIpc) is 2.86. The Morgan fingerprint density at radius 2 is 2.05 bits per heavy atom. The second-order valence-corrected chi connectivity index (χ2v) is 5.67. The molecule has 1 aliphatic heterocycles. The van der Waals surface area contributed by atoms with E-state index in [2.05, 4.69) is 5.32 Å².